The van der Waals surface area contributed by atoms with Crippen molar-refractivity contribution in [3.8, 4) is 0 Å². The van der Waals surface area contributed by atoms with Gasteiger partial charge in [0.05, 0.1) is 10.6 Å². The van der Waals surface area contributed by atoms with Crippen LogP contribution in [-0.4, -0.2) is 39.5 Å². The zero-order chi connectivity index (χ0) is 17.3. The fourth-order valence-corrected chi connectivity index (χ4v) is 4.06. The number of nitrogens with zero attached hydrogens (tertiary/aromatic N) is 3. The van der Waals surface area contributed by atoms with Gasteiger partial charge in [-0.2, -0.15) is 0 Å². The molecule has 1 fully saturated rings. The number of aryl methyl sites for hydroxylation is 3. The molecule has 2 aromatic heterocycles. The molecule has 1 saturated heterocycles. The molecule has 3 rings (SSSR count). The Morgan fingerprint density at radius 3 is 2.62 bits per heavy atom. The van der Waals surface area contributed by atoms with Crippen LogP contribution >= 0.6 is 11.5 Å². The summed E-state index contributed by atoms with van der Waals surface area (Å²) < 4.78 is 9.54. The second kappa shape index (κ2) is 7.03. The number of piperidine rings is 1. The van der Waals surface area contributed by atoms with Crippen LogP contribution < -0.4 is 5.32 Å². The van der Waals surface area contributed by atoms with E-state index in [2.05, 4.69) is 26.7 Å². The van der Waals surface area contributed by atoms with Crippen LogP contribution in [0.2, 0.25) is 0 Å². The summed E-state index contributed by atoms with van der Waals surface area (Å²) in [4.78, 5) is 16.0. The van der Waals surface area contributed by atoms with E-state index in [-0.39, 0.29) is 11.9 Å². The highest BCUT2D eigenvalue weighted by Crippen LogP contribution is 2.28. The van der Waals surface area contributed by atoms with Crippen molar-refractivity contribution in [2.45, 2.75) is 52.6 Å². The van der Waals surface area contributed by atoms with Gasteiger partial charge in [-0.1, -0.05) is 4.49 Å². The first-order valence-corrected chi connectivity index (χ1v) is 9.14. The fourth-order valence-electron chi connectivity index (χ4n) is 3.33. The minimum absolute atomic E-state index is 0.102. The van der Waals surface area contributed by atoms with E-state index in [4.69, 9.17) is 4.42 Å². The number of aromatic nitrogens is 2. The fraction of sp³-hybridized carbons (Fsp3) is 0.588. The maximum Gasteiger partial charge on any atom is 0.287 e. The van der Waals surface area contributed by atoms with Crippen molar-refractivity contribution in [2.24, 2.45) is 0 Å². The quantitative estimate of drug-likeness (QED) is 0.919. The molecule has 0 radical (unpaired) electrons. The lowest BCUT2D eigenvalue weighted by Gasteiger charge is -2.35. The molecule has 7 heteroatoms. The smallest absolute Gasteiger partial charge is 0.287 e. The lowest BCUT2D eigenvalue weighted by molar-refractivity contribution is 0.0867. The van der Waals surface area contributed by atoms with E-state index in [9.17, 15) is 4.79 Å². The number of furan rings is 1. The molecule has 1 aliphatic heterocycles. The third-order valence-corrected chi connectivity index (χ3v) is 5.72. The molecule has 6 nitrogen and oxygen atoms in total. The lowest BCUT2D eigenvalue weighted by atomic mass is 10.0. The first kappa shape index (κ1) is 17.1. The van der Waals surface area contributed by atoms with Gasteiger partial charge in [0.1, 0.15) is 5.76 Å². The van der Waals surface area contributed by atoms with Gasteiger partial charge in [-0.15, -0.1) is 5.10 Å². The van der Waals surface area contributed by atoms with Crippen LogP contribution in [0.5, 0.6) is 0 Å². The molecule has 2 aromatic rings. The molecule has 130 valence electrons. The molecular weight excluding hydrogens is 324 g/mol. The summed E-state index contributed by atoms with van der Waals surface area (Å²) in [5.41, 5.74) is 1.91. The number of hydrogen-bond acceptors (Lipinski definition) is 6. The first-order valence-electron chi connectivity index (χ1n) is 8.36. The standard InChI is InChI=1S/C17H24N4O2S/c1-10-9-11(2)23-15(10)17(22)18-14-5-7-21(8-6-14)13(4)16-12(3)19-20-24-16/h9,13-14H,5-8H2,1-4H3,(H,18,22). The van der Waals surface area contributed by atoms with Crippen LogP contribution in [-0.2, 0) is 0 Å². The van der Waals surface area contributed by atoms with E-state index in [1.165, 1.54) is 16.4 Å². The van der Waals surface area contributed by atoms with Crippen molar-refractivity contribution in [2.75, 3.05) is 13.1 Å². The average Bonchev–Trinajstić information content (AvgIpc) is 3.12. The van der Waals surface area contributed by atoms with E-state index in [0.29, 0.717) is 11.8 Å². The SMILES string of the molecule is Cc1cc(C)c(C(=O)NC2CCN(C(C)c3snnc3C)CC2)o1. The Morgan fingerprint density at radius 2 is 2.08 bits per heavy atom. The summed E-state index contributed by atoms with van der Waals surface area (Å²) in [5.74, 6) is 1.11. The number of carbonyl (C=O) groups is 1. The van der Waals surface area contributed by atoms with E-state index >= 15 is 0 Å². The van der Waals surface area contributed by atoms with E-state index in [1.807, 2.05) is 26.8 Å². The highest BCUT2D eigenvalue weighted by atomic mass is 32.1. The van der Waals surface area contributed by atoms with Crippen molar-refractivity contribution in [1.82, 2.24) is 19.8 Å². The van der Waals surface area contributed by atoms with Crippen LogP contribution in [0.1, 0.15) is 58.3 Å². The van der Waals surface area contributed by atoms with Gasteiger partial charge in [0, 0.05) is 30.7 Å². The number of nitrogens with one attached hydrogen (secondary N) is 1. The molecule has 1 amide bonds. The van der Waals surface area contributed by atoms with Gasteiger partial charge >= 0.3 is 0 Å². The Hall–Kier alpha value is -1.73. The second-order valence-electron chi connectivity index (χ2n) is 6.55. The Bertz CT molecular complexity index is 716. The van der Waals surface area contributed by atoms with Crippen LogP contribution in [0.15, 0.2) is 10.5 Å². The molecule has 0 bridgehead atoms. The topological polar surface area (TPSA) is 71.3 Å². The normalized spacial score (nSPS) is 17.8. The Labute approximate surface area is 146 Å². The summed E-state index contributed by atoms with van der Waals surface area (Å²) in [6, 6.07) is 2.42. The summed E-state index contributed by atoms with van der Waals surface area (Å²) in [6.45, 7) is 9.90. The average molecular weight is 348 g/mol. The molecule has 0 aliphatic carbocycles. The lowest BCUT2D eigenvalue weighted by Crippen LogP contribution is -2.45. The molecule has 3 heterocycles. The number of likely N-dealkylation sites (tertiary alicyclic amines) is 1. The first-order chi connectivity index (χ1) is 11.5. The molecular formula is C17H24N4O2S. The molecule has 1 atom stereocenters. The van der Waals surface area contributed by atoms with E-state index in [0.717, 1.165) is 42.9 Å². The van der Waals surface area contributed by atoms with Crippen LogP contribution in [0.3, 0.4) is 0 Å². The zero-order valence-corrected chi connectivity index (χ0v) is 15.4. The number of rotatable bonds is 4. The molecule has 1 unspecified atom stereocenters. The minimum Gasteiger partial charge on any atom is -0.456 e. The summed E-state index contributed by atoms with van der Waals surface area (Å²) >= 11 is 1.48. The maximum absolute atomic E-state index is 12.4. The molecule has 24 heavy (non-hydrogen) atoms. The highest BCUT2D eigenvalue weighted by Gasteiger charge is 2.27. The summed E-state index contributed by atoms with van der Waals surface area (Å²) in [7, 11) is 0. The van der Waals surface area contributed by atoms with Gasteiger partial charge in [0.2, 0.25) is 0 Å². The third kappa shape index (κ3) is 3.52. The molecule has 0 saturated carbocycles. The Morgan fingerprint density at radius 1 is 1.38 bits per heavy atom. The van der Waals surface area contributed by atoms with Gasteiger partial charge in [-0.3, -0.25) is 9.69 Å². The van der Waals surface area contributed by atoms with E-state index in [1.54, 1.807) is 0 Å². The van der Waals surface area contributed by atoms with E-state index < -0.39 is 0 Å². The van der Waals surface area contributed by atoms with Crippen molar-refractivity contribution < 1.29 is 9.21 Å². The van der Waals surface area contributed by atoms with Crippen molar-refractivity contribution >= 4 is 17.4 Å². The zero-order valence-electron chi connectivity index (χ0n) is 14.6. The van der Waals surface area contributed by atoms with Crippen LogP contribution in [0.25, 0.3) is 0 Å². The molecule has 1 aliphatic rings. The van der Waals surface area contributed by atoms with Crippen molar-refractivity contribution in [3.63, 3.8) is 0 Å². The van der Waals surface area contributed by atoms with Gasteiger partial charge < -0.3 is 9.73 Å². The van der Waals surface area contributed by atoms with Crippen LogP contribution in [0, 0.1) is 20.8 Å². The molecule has 0 spiro atoms. The number of carbonyl (C=O) groups excluding carboxylic acids is 1. The number of amides is 1. The van der Waals surface area contributed by atoms with Gasteiger partial charge in [-0.05, 0) is 58.1 Å². The molecule has 1 N–H and O–H groups in total. The third-order valence-electron chi connectivity index (χ3n) is 4.73. The predicted octanol–water partition coefficient (Wildman–Crippen LogP) is 3.01. The molecule has 0 aromatic carbocycles. The second-order valence-corrected chi connectivity index (χ2v) is 7.34. The van der Waals surface area contributed by atoms with Gasteiger partial charge in [-0.25, -0.2) is 0 Å². The predicted molar refractivity (Wildman–Crippen MR) is 93.3 cm³/mol. The van der Waals surface area contributed by atoms with Crippen LogP contribution in [0.4, 0.5) is 0 Å². The largest absolute Gasteiger partial charge is 0.456 e. The highest BCUT2D eigenvalue weighted by molar-refractivity contribution is 7.05. The van der Waals surface area contributed by atoms with Gasteiger partial charge in [0.25, 0.3) is 5.91 Å². The maximum atomic E-state index is 12.4. The van der Waals surface area contributed by atoms with Crippen molar-refractivity contribution in [1.29, 1.82) is 0 Å². The number of hydrogen-bond donors (Lipinski definition) is 1. The Balaban J connectivity index is 1.55. The minimum atomic E-state index is -0.102. The summed E-state index contributed by atoms with van der Waals surface area (Å²) in [6.07, 6.45) is 1.89. The monoisotopic (exact) mass is 348 g/mol. The summed E-state index contributed by atoms with van der Waals surface area (Å²) in [5, 5.41) is 7.22. The van der Waals surface area contributed by atoms with Gasteiger partial charge in [0.15, 0.2) is 5.76 Å². The van der Waals surface area contributed by atoms with Crippen molar-refractivity contribution in [3.05, 3.63) is 33.7 Å². The Kier molecular flexibility index (Phi) is 5.01.